The molecular formula is C15H19NO2. The highest BCUT2D eigenvalue weighted by Gasteiger charge is 2.61. The Morgan fingerprint density at radius 2 is 1.83 bits per heavy atom. The second-order valence-electron chi connectivity index (χ2n) is 6.23. The molecule has 1 aromatic carbocycles. The molecule has 1 aliphatic carbocycles. The molecule has 2 unspecified atom stereocenters. The SMILES string of the molecule is CC1(C)C2CN(Cc3ccc(C(=O)O)cc3)CC21. The number of hydrogen-bond donors (Lipinski definition) is 1. The second-order valence-corrected chi connectivity index (χ2v) is 6.23. The van der Waals surface area contributed by atoms with Crippen LogP contribution in [0, 0.1) is 17.3 Å². The van der Waals surface area contributed by atoms with Gasteiger partial charge in [-0.15, -0.1) is 0 Å². The molecule has 2 atom stereocenters. The van der Waals surface area contributed by atoms with Crippen molar-refractivity contribution in [3.63, 3.8) is 0 Å². The van der Waals surface area contributed by atoms with E-state index < -0.39 is 5.97 Å². The molecule has 0 spiro atoms. The number of aromatic carboxylic acids is 1. The van der Waals surface area contributed by atoms with E-state index in [4.69, 9.17) is 5.11 Å². The molecule has 1 saturated heterocycles. The molecule has 2 fully saturated rings. The fraction of sp³-hybridized carbons (Fsp3) is 0.533. The fourth-order valence-electron chi connectivity index (χ4n) is 3.35. The lowest BCUT2D eigenvalue weighted by Gasteiger charge is -2.21. The third-order valence-corrected chi connectivity index (χ3v) is 4.80. The Morgan fingerprint density at radius 3 is 2.33 bits per heavy atom. The number of hydrogen-bond acceptors (Lipinski definition) is 2. The average molecular weight is 245 g/mol. The molecular weight excluding hydrogens is 226 g/mol. The highest BCUT2D eigenvalue weighted by molar-refractivity contribution is 5.87. The molecule has 1 aromatic rings. The molecule has 18 heavy (non-hydrogen) atoms. The molecule has 0 aromatic heterocycles. The van der Waals surface area contributed by atoms with Crippen molar-refractivity contribution in [3.8, 4) is 0 Å². The Bertz CT molecular complexity index is 464. The highest BCUT2D eigenvalue weighted by Crippen LogP contribution is 2.62. The predicted molar refractivity (Wildman–Crippen MR) is 69.4 cm³/mol. The zero-order valence-corrected chi connectivity index (χ0v) is 10.9. The van der Waals surface area contributed by atoms with Gasteiger partial charge < -0.3 is 5.11 Å². The summed E-state index contributed by atoms with van der Waals surface area (Å²) < 4.78 is 0. The number of carbonyl (C=O) groups is 1. The third kappa shape index (κ3) is 1.83. The largest absolute Gasteiger partial charge is 0.478 e. The molecule has 1 aliphatic heterocycles. The van der Waals surface area contributed by atoms with Crippen LogP contribution in [0.15, 0.2) is 24.3 Å². The summed E-state index contributed by atoms with van der Waals surface area (Å²) in [6, 6.07) is 7.24. The number of likely N-dealkylation sites (tertiary alicyclic amines) is 1. The summed E-state index contributed by atoms with van der Waals surface area (Å²) in [6.07, 6.45) is 0. The van der Waals surface area contributed by atoms with Gasteiger partial charge in [-0.3, -0.25) is 4.90 Å². The maximum Gasteiger partial charge on any atom is 0.335 e. The minimum Gasteiger partial charge on any atom is -0.478 e. The number of rotatable bonds is 3. The molecule has 0 bridgehead atoms. The summed E-state index contributed by atoms with van der Waals surface area (Å²) in [6.45, 7) is 8.06. The van der Waals surface area contributed by atoms with Crippen LogP contribution in [0.2, 0.25) is 0 Å². The van der Waals surface area contributed by atoms with E-state index in [2.05, 4.69) is 18.7 Å². The molecule has 3 heteroatoms. The number of nitrogens with zero attached hydrogens (tertiary/aromatic N) is 1. The van der Waals surface area contributed by atoms with E-state index in [0.29, 0.717) is 11.0 Å². The quantitative estimate of drug-likeness (QED) is 0.889. The molecule has 2 aliphatic rings. The normalized spacial score (nSPS) is 29.0. The first kappa shape index (κ1) is 11.7. The van der Waals surface area contributed by atoms with Crippen molar-refractivity contribution in [1.82, 2.24) is 4.90 Å². The predicted octanol–water partition coefficient (Wildman–Crippen LogP) is 2.47. The van der Waals surface area contributed by atoms with Crippen LogP contribution in [0.3, 0.4) is 0 Å². The Labute approximate surface area is 107 Å². The topological polar surface area (TPSA) is 40.5 Å². The van der Waals surface area contributed by atoms with E-state index in [1.807, 2.05) is 12.1 Å². The van der Waals surface area contributed by atoms with Crippen LogP contribution < -0.4 is 0 Å². The molecule has 3 nitrogen and oxygen atoms in total. The van der Waals surface area contributed by atoms with Gasteiger partial charge >= 0.3 is 5.97 Å². The van der Waals surface area contributed by atoms with Crippen LogP contribution >= 0.6 is 0 Å². The van der Waals surface area contributed by atoms with Crippen molar-refractivity contribution in [2.24, 2.45) is 17.3 Å². The molecule has 0 amide bonds. The van der Waals surface area contributed by atoms with Crippen LogP contribution in [-0.4, -0.2) is 29.1 Å². The van der Waals surface area contributed by atoms with E-state index in [0.717, 1.165) is 18.4 Å². The van der Waals surface area contributed by atoms with E-state index in [1.54, 1.807) is 12.1 Å². The smallest absolute Gasteiger partial charge is 0.335 e. The van der Waals surface area contributed by atoms with Gasteiger partial charge in [0.15, 0.2) is 0 Å². The zero-order valence-electron chi connectivity index (χ0n) is 10.9. The fourth-order valence-corrected chi connectivity index (χ4v) is 3.35. The van der Waals surface area contributed by atoms with E-state index in [-0.39, 0.29) is 0 Å². The first-order chi connectivity index (χ1) is 8.48. The lowest BCUT2D eigenvalue weighted by molar-refractivity contribution is 0.0697. The lowest BCUT2D eigenvalue weighted by Crippen LogP contribution is -2.26. The van der Waals surface area contributed by atoms with Crippen LogP contribution in [-0.2, 0) is 6.54 Å². The summed E-state index contributed by atoms with van der Waals surface area (Å²) in [5.41, 5.74) is 2.13. The Kier molecular flexibility index (Phi) is 2.49. The summed E-state index contributed by atoms with van der Waals surface area (Å²) in [7, 11) is 0. The molecule has 96 valence electrons. The number of carboxylic acids is 1. The van der Waals surface area contributed by atoms with Crippen LogP contribution in [0.1, 0.15) is 29.8 Å². The van der Waals surface area contributed by atoms with Gasteiger partial charge in [-0.1, -0.05) is 26.0 Å². The van der Waals surface area contributed by atoms with Gasteiger partial charge in [0.2, 0.25) is 0 Å². The maximum atomic E-state index is 10.8. The average Bonchev–Trinajstić information content (AvgIpc) is 2.70. The Morgan fingerprint density at radius 1 is 1.28 bits per heavy atom. The minimum atomic E-state index is -0.856. The van der Waals surface area contributed by atoms with E-state index in [1.165, 1.54) is 18.7 Å². The van der Waals surface area contributed by atoms with Crippen LogP contribution in [0.5, 0.6) is 0 Å². The van der Waals surface area contributed by atoms with Crippen molar-refractivity contribution in [2.45, 2.75) is 20.4 Å². The summed E-state index contributed by atoms with van der Waals surface area (Å²) >= 11 is 0. The van der Waals surface area contributed by atoms with Crippen LogP contribution in [0.25, 0.3) is 0 Å². The zero-order chi connectivity index (χ0) is 12.9. The number of carboxylic acid groups (broad SMARTS) is 1. The number of benzene rings is 1. The van der Waals surface area contributed by atoms with Gasteiger partial charge in [0.05, 0.1) is 5.56 Å². The van der Waals surface area contributed by atoms with Gasteiger partial charge in [0, 0.05) is 19.6 Å². The maximum absolute atomic E-state index is 10.8. The lowest BCUT2D eigenvalue weighted by atomic mass is 10.1. The molecule has 1 N–H and O–H groups in total. The standard InChI is InChI=1S/C15H19NO2/c1-15(2)12-8-16(9-13(12)15)7-10-3-5-11(6-4-10)14(17)18/h3-6,12-13H,7-9H2,1-2H3,(H,17,18). The molecule has 0 radical (unpaired) electrons. The minimum absolute atomic E-state index is 0.365. The summed E-state index contributed by atoms with van der Waals surface area (Å²) in [5, 5.41) is 8.85. The number of fused-ring (bicyclic) bond motifs is 1. The highest BCUT2D eigenvalue weighted by atomic mass is 16.4. The van der Waals surface area contributed by atoms with Gasteiger partial charge in [0.25, 0.3) is 0 Å². The molecule has 1 saturated carbocycles. The van der Waals surface area contributed by atoms with Crippen molar-refractivity contribution < 1.29 is 9.90 Å². The molecule has 1 heterocycles. The third-order valence-electron chi connectivity index (χ3n) is 4.80. The Balaban J connectivity index is 1.60. The van der Waals surface area contributed by atoms with Gasteiger partial charge in [-0.25, -0.2) is 4.79 Å². The number of piperidine rings is 1. The van der Waals surface area contributed by atoms with Crippen molar-refractivity contribution >= 4 is 5.97 Å². The van der Waals surface area contributed by atoms with Crippen molar-refractivity contribution in [3.05, 3.63) is 35.4 Å². The first-order valence-corrected chi connectivity index (χ1v) is 6.53. The Hall–Kier alpha value is -1.35. The summed E-state index contributed by atoms with van der Waals surface area (Å²) in [5.74, 6) is 0.886. The van der Waals surface area contributed by atoms with Crippen LogP contribution in [0.4, 0.5) is 0 Å². The van der Waals surface area contributed by atoms with Gasteiger partial charge in [-0.2, -0.15) is 0 Å². The molecule has 3 rings (SSSR count). The van der Waals surface area contributed by atoms with Crippen molar-refractivity contribution in [2.75, 3.05) is 13.1 Å². The van der Waals surface area contributed by atoms with Crippen molar-refractivity contribution in [1.29, 1.82) is 0 Å². The van der Waals surface area contributed by atoms with E-state index in [9.17, 15) is 4.79 Å². The van der Waals surface area contributed by atoms with Gasteiger partial charge in [0.1, 0.15) is 0 Å². The monoisotopic (exact) mass is 245 g/mol. The summed E-state index contributed by atoms with van der Waals surface area (Å²) in [4.78, 5) is 13.2. The van der Waals surface area contributed by atoms with E-state index >= 15 is 0 Å². The van der Waals surface area contributed by atoms with Gasteiger partial charge in [-0.05, 0) is 34.9 Å². The first-order valence-electron chi connectivity index (χ1n) is 6.53. The second kappa shape index (κ2) is 3.82.